The van der Waals surface area contributed by atoms with Crippen LogP contribution < -0.4 is 15.3 Å². The lowest BCUT2D eigenvalue weighted by molar-refractivity contribution is 0.835. The van der Waals surface area contributed by atoms with E-state index < -0.39 is 0 Å². The number of rotatable bonds is 0. The van der Waals surface area contributed by atoms with Gasteiger partial charge in [0, 0.05) is 12.3 Å². The molecule has 0 bridgehead atoms. The molecule has 0 radical (unpaired) electrons. The second-order valence-electron chi connectivity index (χ2n) is 2.58. The summed E-state index contributed by atoms with van der Waals surface area (Å²) in [7, 11) is 0. The number of aliphatic imine (C=N–C) groups is 1. The first kappa shape index (κ1) is 7.03. The highest BCUT2D eigenvalue weighted by Crippen LogP contribution is 1.76. The fourth-order valence-corrected chi connectivity index (χ4v) is 1.18. The smallest absolute Gasteiger partial charge is 0.220 e. The topological polar surface area (TPSA) is 38.4 Å². The van der Waals surface area contributed by atoms with Gasteiger partial charge in [0.1, 0.15) is 0 Å². The highest BCUT2D eigenvalue weighted by molar-refractivity contribution is 5.64. The third kappa shape index (κ3) is 1.09. The number of hydrogen-bond acceptors (Lipinski definition) is 2. The number of para-hydroxylation sites is 1. The van der Waals surface area contributed by atoms with Crippen LogP contribution in [-0.4, -0.2) is 12.8 Å². The minimum atomic E-state index is 0.327. The van der Waals surface area contributed by atoms with Gasteiger partial charge >= 0.3 is 0 Å². The maximum atomic E-state index is 11.3. The van der Waals surface area contributed by atoms with E-state index in [1.165, 1.54) is 0 Å². The Labute approximate surface area is 69.6 Å². The normalized spacial score (nSPS) is 14.8. The molecule has 1 aliphatic heterocycles. The third-order valence-corrected chi connectivity index (χ3v) is 1.77. The third-order valence-electron chi connectivity index (χ3n) is 1.77. The van der Waals surface area contributed by atoms with Crippen molar-refractivity contribution in [3.05, 3.63) is 40.0 Å². The summed E-state index contributed by atoms with van der Waals surface area (Å²) in [6.45, 7) is 0.327. The molecule has 1 aromatic rings. The van der Waals surface area contributed by atoms with Crippen molar-refractivity contribution in [3.63, 3.8) is 0 Å². The molecule has 0 saturated carbocycles. The molecule has 1 aromatic carbocycles. The zero-order chi connectivity index (χ0) is 8.39. The quantitative estimate of drug-likeness (QED) is 0.372. The summed E-state index contributed by atoms with van der Waals surface area (Å²) in [5, 5.41) is 12.9. The molecular formula is C9H8N2O. The maximum absolute atomic E-state index is 11.3. The van der Waals surface area contributed by atoms with Gasteiger partial charge < -0.3 is 5.21 Å². The van der Waals surface area contributed by atoms with E-state index in [4.69, 9.17) is 0 Å². The molecule has 0 atom stereocenters. The van der Waals surface area contributed by atoms with E-state index in [0.29, 0.717) is 11.9 Å². The van der Waals surface area contributed by atoms with Crippen LogP contribution in [0.2, 0.25) is 0 Å². The maximum Gasteiger partial charge on any atom is 0.220 e. The SMILES string of the molecule is [O-][N+]1=c2ccccc2=CN=CC1. The number of nitrogens with zero attached hydrogens (tertiary/aromatic N) is 2. The lowest BCUT2D eigenvalue weighted by atomic mass is 10.3. The minimum Gasteiger partial charge on any atom is -0.623 e. The van der Waals surface area contributed by atoms with Crippen LogP contribution in [0.5, 0.6) is 0 Å². The number of fused-ring (bicyclic) bond motifs is 1. The molecule has 1 aliphatic rings. The van der Waals surface area contributed by atoms with Crippen LogP contribution in [0.25, 0.3) is 6.20 Å². The van der Waals surface area contributed by atoms with Crippen molar-refractivity contribution in [1.82, 2.24) is 4.74 Å². The second-order valence-corrected chi connectivity index (χ2v) is 2.58. The van der Waals surface area contributed by atoms with Crippen LogP contribution >= 0.6 is 0 Å². The molecule has 0 unspecified atom stereocenters. The lowest BCUT2D eigenvalue weighted by Gasteiger charge is -1.97. The first-order valence-electron chi connectivity index (χ1n) is 3.76. The molecule has 0 fully saturated rings. The van der Waals surface area contributed by atoms with Crippen molar-refractivity contribution in [2.24, 2.45) is 4.99 Å². The molecule has 0 saturated heterocycles. The Morgan fingerprint density at radius 3 is 3.08 bits per heavy atom. The molecule has 0 N–H and O–H groups in total. The van der Waals surface area contributed by atoms with E-state index in [9.17, 15) is 5.21 Å². The summed E-state index contributed by atoms with van der Waals surface area (Å²) in [4.78, 5) is 3.97. The molecule has 2 rings (SSSR count). The summed E-state index contributed by atoms with van der Waals surface area (Å²) >= 11 is 0. The van der Waals surface area contributed by atoms with Crippen molar-refractivity contribution in [1.29, 1.82) is 0 Å². The van der Waals surface area contributed by atoms with Gasteiger partial charge in [0.2, 0.25) is 5.36 Å². The van der Waals surface area contributed by atoms with Crippen LogP contribution in [0.4, 0.5) is 0 Å². The Morgan fingerprint density at radius 2 is 2.17 bits per heavy atom. The van der Waals surface area contributed by atoms with Crippen LogP contribution in [-0.2, 0) is 0 Å². The molecule has 0 amide bonds. The van der Waals surface area contributed by atoms with E-state index in [1.54, 1.807) is 18.5 Å². The number of benzene rings is 1. The van der Waals surface area contributed by atoms with Gasteiger partial charge in [0.05, 0.1) is 11.4 Å². The fraction of sp³-hybridized carbons (Fsp3) is 0.111. The highest BCUT2D eigenvalue weighted by Gasteiger charge is 1.97. The molecule has 3 heteroatoms. The average molecular weight is 160 g/mol. The molecule has 1 heterocycles. The molecule has 0 aromatic heterocycles. The van der Waals surface area contributed by atoms with Crippen LogP contribution in [0.3, 0.4) is 0 Å². The zero-order valence-electron chi connectivity index (χ0n) is 6.47. The molecule has 3 nitrogen and oxygen atoms in total. The van der Waals surface area contributed by atoms with Gasteiger partial charge in [-0.15, -0.1) is 0 Å². The Hall–Kier alpha value is -1.64. The number of hydrogen-bond donors (Lipinski definition) is 0. The van der Waals surface area contributed by atoms with E-state index in [-0.39, 0.29) is 0 Å². The summed E-state index contributed by atoms with van der Waals surface area (Å²) in [6, 6.07) is 7.42. The van der Waals surface area contributed by atoms with Gasteiger partial charge in [0.15, 0.2) is 6.54 Å². The van der Waals surface area contributed by atoms with Crippen LogP contribution in [0, 0.1) is 5.21 Å². The average Bonchev–Trinajstić information content (AvgIpc) is 2.29. The van der Waals surface area contributed by atoms with E-state index in [1.807, 2.05) is 18.2 Å². The minimum absolute atomic E-state index is 0.327. The van der Waals surface area contributed by atoms with Gasteiger partial charge in [-0.1, -0.05) is 12.1 Å². The molecule has 0 spiro atoms. The summed E-state index contributed by atoms with van der Waals surface area (Å²) in [5.41, 5.74) is 0. The zero-order valence-corrected chi connectivity index (χ0v) is 6.47. The Balaban J connectivity index is 2.88. The molecule has 0 aliphatic carbocycles. The summed E-state index contributed by atoms with van der Waals surface area (Å²) < 4.78 is 0.933. The summed E-state index contributed by atoms with van der Waals surface area (Å²) in [5.74, 6) is 0. The standard InChI is InChI=1S/C9H8N2O/c12-11-6-5-10-7-8-3-1-2-4-9(8)11/h1-5,7H,6H2. The van der Waals surface area contributed by atoms with Crippen molar-refractivity contribution in [2.75, 3.05) is 6.54 Å². The van der Waals surface area contributed by atoms with Gasteiger partial charge in [-0.25, -0.2) is 0 Å². The first-order valence-corrected chi connectivity index (χ1v) is 3.76. The van der Waals surface area contributed by atoms with Gasteiger partial charge in [0.25, 0.3) is 0 Å². The summed E-state index contributed by atoms with van der Waals surface area (Å²) in [6.07, 6.45) is 3.31. The van der Waals surface area contributed by atoms with Crippen LogP contribution in [0.1, 0.15) is 0 Å². The van der Waals surface area contributed by atoms with Crippen molar-refractivity contribution in [3.8, 4) is 0 Å². The largest absolute Gasteiger partial charge is 0.623 e. The van der Waals surface area contributed by atoms with Crippen molar-refractivity contribution in [2.45, 2.75) is 0 Å². The number of hydroxylamine groups is 1. The fourth-order valence-electron chi connectivity index (χ4n) is 1.18. The van der Waals surface area contributed by atoms with E-state index in [2.05, 4.69) is 4.99 Å². The second kappa shape index (κ2) is 2.77. The molecular weight excluding hydrogens is 152 g/mol. The van der Waals surface area contributed by atoms with E-state index in [0.717, 1.165) is 9.96 Å². The molecule has 60 valence electrons. The van der Waals surface area contributed by atoms with Gasteiger partial charge in [-0.05, 0) is 6.07 Å². The van der Waals surface area contributed by atoms with Crippen molar-refractivity contribution < 1.29 is 0 Å². The van der Waals surface area contributed by atoms with Crippen LogP contribution in [0.15, 0.2) is 29.3 Å². The predicted molar refractivity (Wildman–Crippen MR) is 48.1 cm³/mol. The van der Waals surface area contributed by atoms with Gasteiger partial charge in [-0.3, -0.25) is 4.99 Å². The monoisotopic (exact) mass is 160 g/mol. The first-order chi connectivity index (χ1) is 5.88. The Bertz CT molecular complexity index is 434. The Morgan fingerprint density at radius 1 is 1.33 bits per heavy atom. The molecule has 12 heavy (non-hydrogen) atoms. The van der Waals surface area contributed by atoms with E-state index >= 15 is 0 Å². The van der Waals surface area contributed by atoms with Gasteiger partial charge in [-0.2, -0.15) is 4.74 Å². The lowest BCUT2D eigenvalue weighted by Crippen LogP contribution is -2.36. The highest BCUT2D eigenvalue weighted by atomic mass is 16.5. The predicted octanol–water partition coefficient (Wildman–Crippen LogP) is -0.502. The Kier molecular flexibility index (Phi) is 1.63. The van der Waals surface area contributed by atoms with Crippen molar-refractivity contribution >= 4 is 12.4 Å².